The molecule has 2 aromatic heterocycles. The predicted octanol–water partition coefficient (Wildman–Crippen LogP) is 3.71. The Morgan fingerprint density at radius 2 is 2.12 bits per heavy atom. The molecule has 0 aliphatic carbocycles. The van der Waals surface area contributed by atoms with Gasteiger partial charge in [0.15, 0.2) is 0 Å². The number of nitrogens with zero attached hydrogens (tertiary/aromatic N) is 5. The molecule has 0 bridgehead atoms. The molecule has 5 rings (SSSR count). The molecule has 3 heterocycles. The number of anilines is 1. The number of aromatic nitrogens is 5. The summed E-state index contributed by atoms with van der Waals surface area (Å²) < 4.78 is 23.2. The van der Waals surface area contributed by atoms with Crippen LogP contribution in [0.4, 0.5) is 10.1 Å². The van der Waals surface area contributed by atoms with Gasteiger partial charge in [0.05, 0.1) is 19.0 Å². The summed E-state index contributed by atoms with van der Waals surface area (Å²) in [6, 6.07) is 9.84. The third kappa shape index (κ3) is 3.41. The van der Waals surface area contributed by atoms with Gasteiger partial charge in [-0.2, -0.15) is 0 Å². The highest BCUT2D eigenvalue weighted by molar-refractivity contribution is 5.95. The number of ether oxygens (including phenoxy) is 1. The quantitative estimate of drug-likeness (QED) is 0.531. The molecule has 32 heavy (non-hydrogen) atoms. The van der Waals surface area contributed by atoms with Crippen molar-refractivity contribution in [2.75, 3.05) is 12.4 Å². The Kier molecular flexibility index (Phi) is 4.93. The second kappa shape index (κ2) is 7.92. The van der Waals surface area contributed by atoms with E-state index in [1.807, 2.05) is 35.9 Å². The van der Waals surface area contributed by atoms with Crippen molar-refractivity contribution in [2.24, 2.45) is 0 Å². The van der Waals surface area contributed by atoms with Gasteiger partial charge in [-0.05, 0) is 44.0 Å². The number of carbonyl (C=O) groups excluding carboxylic acids is 1. The minimum absolute atomic E-state index is 0.241. The molecule has 0 saturated carbocycles. The van der Waals surface area contributed by atoms with Crippen LogP contribution in [-0.4, -0.2) is 37.6 Å². The number of amides is 1. The van der Waals surface area contributed by atoms with Crippen molar-refractivity contribution in [3.05, 3.63) is 72.2 Å². The van der Waals surface area contributed by atoms with Crippen LogP contribution in [0.2, 0.25) is 0 Å². The molecule has 162 valence electrons. The van der Waals surface area contributed by atoms with Crippen LogP contribution in [0.1, 0.15) is 23.9 Å². The lowest BCUT2D eigenvalue weighted by molar-refractivity contribution is -0.119. The van der Waals surface area contributed by atoms with Gasteiger partial charge in [-0.25, -0.2) is 14.1 Å². The summed E-state index contributed by atoms with van der Waals surface area (Å²) in [5.74, 6) is 0.951. The summed E-state index contributed by atoms with van der Waals surface area (Å²) in [6.07, 6.45) is 6.18. The Bertz CT molecular complexity index is 1310. The van der Waals surface area contributed by atoms with E-state index in [-0.39, 0.29) is 11.7 Å². The number of nitrogens with one attached hydrogen (secondary N) is 1. The Balaban J connectivity index is 1.43. The Morgan fingerprint density at radius 3 is 2.91 bits per heavy atom. The fraction of sp³-hybridized carbons (Fsp3) is 0.217. The number of hydrogen-bond donors (Lipinski definition) is 1. The first-order valence-corrected chi connectivity index (χ1v) is 10.2. The van der Waals surface area contributed by atoms with Crippen LogP contribution in [0.25, 0.3) is 16.9 Å². The Morgan fingerprint density at radius 1 is 1.25 bits per heavy atom. The first-order valence-electron chi connectivity index (χ1n) is 10.2. The number of fused-ring (bicyclic) bond motifs is 1. The molecule has 0 radical (unpaired) electrons. The Labute approximate surface area is 183 Å². The number of imidazole rings is 1. The van der Waals surface area contributed by atoms with Crippen molar-refractivity contribution < 1.29 is 13.9 Å². The van der Waals surface area contributed by atoms with E-state index >= 15 is 0 Å². The van der Waals surface area contributed by atoms with Crippen LogP contribution in [0.15, 0.2) is 55.0 Å². The van der Waals surface area contributed by atoms with Crippen molar-refractivity contribution in [3.8, 4) is 22.7 Å². The zero-order chi connectivity index (χ0) is 22.2. The number of hydrogen-bond acceptors (Lipinski definition) is 5. The maximum absolute atomic E-state index is 14.2. The zero-order valence-corrected chi connectivity index (χ0v) is 17.6. The summed E-state index contributed by atoms with van der Waals surface area (Å²) in [7, 11) is 1.61. The summed E-state index contributed by atoms with van der Waals surface area (Å²) in [5.41, 5.74) is 3.30. The fourth-order valence-electron chi connectivity index (χ4n) is 4.04. The smallest absolute Gasteiger partial charge is 0.249 e. The molecule has 1 aliphatic rings. The Hall–Kier alpha value is -4.01. The molecule has 0 spiro atoms. The minimum atomic E-state index is -0.585. The molecule has 1 atom stereocenters. The largest absolute Gasteiger partial charge is 0.495 e. The minimum Gasteiger partial charge on any atom is -0.495 e. The number of halogens is 1. The van der Waals surface area contributed by atoms with E-state index in [1.54, 1.807) is 31.6 Å². The van der Waals surface area contributed by atoms with E-state index in [0.29, 0.717) is 35.5 Å². The summed E-state index contributed by atoms with van der Waals surface area (Å²) in [4.78, 5) is 17.1. The van der Waals surface area contributed by atoms with Crippen molar-refractivity contribution in [1.29, 1.82) is 0 Å². The standard InChI is InChI=1S/C23H21FN6O2/c1-14-25-10-11-29(14)20-8-6-15(12-22(20)32-2)19-13-30(28-27-19)21-9-7-16-17(24)4-3-5-18(16)26-23(21)31/h3-6,8,10-13,21H,7,9H2,1-2H3,(H,26,31). The molecule has 1 N–H and O–H groups in total. The SMILES string of the molecule is COc1cc(-c2cn(C3CCc4c(F)cccc4NC3=O)nn2)ccc1-n1ccnc1C. The highest BCUT2D eigenvalue weighted by Crippen LogP contribution is 2.31. The normalized spacial score (nSPS) is 15.7. The van der Waals surface area contributed by atoms with E-state index in [1.165, 1.54) is 10.7 Å². The van der Waals surface area contributed by atoms with Gasteiger partial charge in [-0.1, -0.05) is 17.3 Å². The molecule has 4 aromatic rings. The zero-order valence-electron chi connectivity index (χ0n) is 17.6. The van der Waals surface area contributed by atoms with E-state index in [4.69, 9.17) is 4.74 Å². The molecule has 1 unspecified atom stereocenters. The van der Waals surface area contributed by atoms with Gasteiger partial charge in [0.2, 0.25) is 5.91 Å². The average molecular weight is 432 g/mol. The van der Waals surface area contributed by atoms with Gasteiger partial charge in [0.25, 0.3) is 0 Å². The number of aryl methyl sites for hydroxylation is 1. The lowest BCUT2D eigenvalue weighted by Crippen LogP contribution is -2.25. The van der Waals surface area contributed by atoms with Gasteiger partial charge in [0, 0.05) is 29.2 Å². The van der Waals surface area contributed by atoms with E-state index in [2.05, 4.69) is 20.6 Å². The molecule has 0 fully saturated rings. The summed E-state index contributed by atoms with van der Waals surface area (Å²) in [5, 5.41) is 11.3. The number of methoxy groups -OCH3 is 1. The molecular weight excluding hydrogens is 411 g/mol. The molecule has 1 aliphatic heterocycles. The van der Waals surface area contributed by atoms with Gasteiger partial charge in [-0.15, -0.1) is 5.10 Å². The van der Waals surface area contributed by atoms with Gasteiger partial charge >= 0.3 is 0 Å². The maximum Gasteiger partial charge on any atom is 0.249 e. The van der Waals surface area contributed by atoms with Crippen LogP contribution < -0.4 is 10.1 Å². The lowest BCUT2D eigenvalue weighted by atomic mass is 10.1. The highest BCUT2D eigenvalue weighted by Gasteiger charge is 2.27. The van der Waals surface area contributed by atoms with Gasteiger partial charge in [-0.3, -0.25) is 4.79 Å². The number of benzene rings is 2. The third-order valence-corrected chi connectivity index (χ3v) is 5.74. The molecule has 2 aromatic carbocycles. The maximum atomic E-state index is 14.2. The van der Waals surface area contributed by atoms with Crippen molar-refractivity contribution >= 4 is 11.6 Å². The average Bonchev–Trinajstić information content (AvgIpc) is 3.40. The first kappa shape index (κ1) is 19.9. The van der Waals surface area contributed by atoms with Crippen molar-refractivity contribution in [2.45, 2.75) is 25.8 Å². The van der Waals surface area contributed by atoms with Gasteiger partial charge < -0.3 is 14.6 Å². The monoisotopic (exact) mass is 432 g/mol. The van der Waals surface area contributed by atoms with Crippen LogP contribution in [0, 0.1) is 12.7 Å². The van der Waals surface area contributed by atoms with Crippen LogP contribution in [-0.2, 0) is 11.2 Å². The number of carbonyl (C=O) groups is 1. The molecule has 1 amide bonds. The molecule has 9 heteroatoms. The predicted molar refractivity (Wildman–Crippen MR) is 116 cm³/mol. The molecule has 0 saturated heterocycles. The molecule has 8 nitrogen and oxygen atoms in total. The van der Waals surface area contributed by atoms with Crippen molar-refractivity contribution in [1.82, 2.24) is 24.5 Å². The molecular formula is C23H21FN6O2. The second-order valence-corrected chi connectivity index (χ2v) is 7.62. The van der Waals surface area contributed by atoms with Crippen LogP contribution >= 0.6 is 0 Å². The number of rotatable bonds is 4. The van der Waals surface area contributed by atoms with Crippen molar-refractivity contribution in [3.63, 3.8) is 0 Å². The second-order valence-electron chi connectivity index (χ2n) is 7.62. The first-order chi connectivity index (χ1) is 15.5. The van der Waals surface area contributed by atoms with Gasteiger partial charge in [0.1, 0.15) is 29.1 Å². The highest BCUT2D eigenvalue weighted by atomic mass is 19.1. The summed E-state index contributed by atoms with van der Waals surface area (Å²) >= 11 is 0. The fourth-order valence-corrected chi connectivity index (χ4v) is 4.04. The third-order valence-electron chi connectivity index (χ3n) is 5.74. The topological polar surface area (TPSA) is 86.9 Å². The van der Waals surface area contributed by atoms with Crippen LogP contribution in [0.3, 0.4) is 0 Å². The summed E-state index contributed by atoms with van der Waals surface area (Å²) in [6.45, 7) is 1.92. The van der Waals surface area contributed by atoms with E-state index in [0.717, 1.165) is 17.1 Å². The van der Waals surface area contributed by atoms with E-state index < -0.39 is 6.04 Å². The van der Waals surface area contributed by atoms with E-state index in [9.17, 15) is 9.18 Å². The lowest BCUT2D eigenvalue weighted by Gasteiger charge is -2.13. The van der Waals surface area contributed by atoms with Crippen LogP contribution in [0.5, 0.6) is 5.75 Å².